The van der Waals surface area contributed by atoms with Crippen molar-refractivity contribution in [3.05, 3.63) is 59.1 Å². The van der Waals surface area contributed by atoms with E-state index in [-0.39, 0.29) is 0 Å². The Morgan fingerprint density at radius 3 is 2.63 bits per heavy atom. The molecule has 1 fully saturated rings. The van der Waals surface area contributed by atoms with Gasteiger partial charge in [-0.15, -0.1) is 0 Å². The molecule has 2 aliphatic rings. The maximum absolute atomic E-state index is 6.27. The summed E-state index contributed by atoms with van der Waals surface area (Å²) in [6, 6.07) is 16.0. The van der Waals surface area contributed by atoms with E-state index in [0.29, 0.717) is 13.2 Å². The van der Waals surface area contributed by atoms with E-state index in [0.717, 1.165) is 71.1 Å². The van der Waals surface area contributed by atoms with Crippen molar-refractivity contribution in [2.75, 3.05) is 49.8 Å². The molecule has 1 aromatic heterocycles. The Morgan fingerprint density at radius 2 is 1.83 bits per heavy atom. The van der Waals surface area contributed by atoms with E-state index in [1.54, 1.807) is 7.11 Å². The van der Waals surface area contributed by atoms with Crippen molar-refractivity contribution in [2.24, 2.45) is 0 Å². The first-order chi connectivity index (χ1) is 14.7. The molecule has 154 valence electrons. The zero-order chi connectivity index (χ0) is 20.5. The number of anilines is 3. The van der Waals surface area contributed by atoms with E-state index in [9.17, 15) is 0 Å². The molecule has 0 saturated carbocycles. The number of morpholine rings is 1. The summed E-state index contributed by atoms with van der Waals surface area (Å²) in [5, 5.41) is 0.719. The Balaban J connectivity index is 1.65. The van der Waals surface area contributed by atoms with Gasteiger partial charge in [0.1, 0.15) is 11.6 Å². The minimum Gasteiger partial charge on any atom is -0.497 e. The van der Waals surface area contributed by atoms with Crippen LogP contribution in [0, 0.1) is 0 Å². The maximum Gasteiger partial charge on any atom is 0.228 e. The van der Waals surface area contributed by atoms with Crippen molar-refractivity contribution >= 4 is 29.1 Å². The molecule has 30 heavy (non-hydrogen) atoms. The molecule has 2 aromatic carbocycles. The summed E-state index contributed by atoms with van der Waals surface area (Å²) in [4.78, 5) is 14.4. The lowest BCUT2D eigenvalue weighted by molar-refractivity contribution is 0.122. The number of hydrogen-bond acceptors (Lipinski definition) is 6. The van der Waals surface area contributed by atoms with E-state index in [1.165, 1.54) is 0 Å². The zero-order valence-electron chi connectivity index (χ0n) is 16.8. The fourth-order valence-corrected chi connectivity index (χ4v) is 4.24. The number of nitrogens with zero attached hydrogens (tertiary/aromatic N) is 4. The van der Waals surface area contributed by atoms with Gasteiger partial charge in [0.15, 0.2) is 0 Å². The van der Waals surface area contributed by atoms with Crippen LogP contribution in [0.25, 0.3) is 11.3 Å². The SMILES string of the molecule is COc1cccc(-c2nc(N3CCOCC3)nc3c2CCN3c2cccc(Cl)c2)c1. The van der Waals surface area contributed by atoms with Crippen LogP contribution in [0.15, 0.2) is 48.5 Å². The molecule has 6 nitrogen and oxygen atoms in total. The Kier molecular flexibility index (Phi) is 5.19. The minimum atomic E-state index is 0.687. The Hall–Kier alpha value is -2.83. The van der Waals surface area contributed by atoms with Gasteiger partial charge in [0.25, 0.3) is 0 Å². The minimum absolute atomic E-state index is 0.687. The Morgan fingerprint density at radius 1 is 1.00 bits per heavy atom. The topological polar surface area (TPSA) is 50.7 Å². The molecular weight excluding hydrogens is 400 g/mol. The fourth-order valence-electron chi connectivity index (χ4n) is 4.05. The van der Waals surface area contributed by atoms with Gasteiger partial charge in [-0.25, -0.2) is 4.98 Å². The van der Waals surface area contributed by atoms with Gasteiger partial charge in [-0.05, 0) is 36.8 Å². The van der Waals surface area contributed by atoms with Crippen LogP contribution in [0.1, 0.15) is 5.56 Å². The number of halogens is 1. The molecule has 0 spiro atoms. The number of ether oxygens (including phenoxy) is 2. The van der Waals surface area contributed by atoms with Gasteiger partial charge in [-0.1, -0.05) is 29.8 Å². The van der Waals surface area contributed by atoms with Gasteiger partial charge < -0.3 is 19.3 Å². The zero-order valence-corrected chi connectivity index (χ0v) is 17.6. The summed E-state index contributed by atoms with van der Waals surface area (Å²) in [6.45, 7) is 3.79. The van der Waals surface area contributed by atoms with Crippen LogP contribution >= 0.6 is 11.6 Å². The summed E-state index contributed by atoms with van der Waals surface area (Å²) >= 11 is 6.27. The monoisotopic (exact) mass is 422 g/mol. The number of rotatable bonds is 4. The largest absolute Gasteiger partial charge is 0.497 e. The van der Waals surface area contributed by atoms with Gasteiger partial charge in [-0.2, -0.15) is 4.98 Å². The van der Waals surface area contributed by atoms with Crippen LogP contribution in [0.4, 0.5) is 17.5 Å². The highest BCUT2D eigenvalue weighted by molar-refractivity contribution is 6.30. The smallest absolute Gasteiger partial charge is 0.228 e. The van der Waals surface area contributed by atoms with Crippen LogP contribution < -0.4 is 14.5 Å². The third-order valence-electron chi connectivity index (χ3n) is 5.57. The molecule has 7 heteroatoms. The highest BCUT2D eigenvalue weighted by Crippen LogP contribution is 2.40. The van der Waals surface area contributed by atoms with Crippen molar-refractivity contribution < 1.29 is 9.47 Å². The fraction of sp³-hybridized carbons (Fsp3) is 0.304. The first-order valence-electron chi connectivity index (χ1n) is 10.1. The number of fused-ring (bicyclic) bond motifs is 1. The molecule has 5 rings (SSSR count). The molecule has 0 amide bonds. The van der Waals surface area contributed by atoms with Crippen molar-refractivity contribution in [2.45, 2.75) is 6.42 Å². The third kappa shape index (κ3) is 3.57. The lowest BCUT2D eigenvalue weighted by atomic mass is 10.1. The third-order valence-corrected chi connectivity index (χ3v) is 5.81. The van der Waals surface area contributed by atoms with Crippen LogP contribution in [0.2, 0.25) is 5.02 Å². The highest BCUT2D eigenvalue weighted by Gasteiger charge is 2.29. The van der Waals surface area contributed by atoms with Crippen molar-refractivity contribution in [3.8, 4) is 17.0 Å². The first kappa shape index (κ1) is 19.2. The van der Waals surface area contributed by atoms with Gasteiger partial charge in [0.2, 0.25) is 5.95 Å². The van der Waals surface area contributed by atoms with Gasteiger partial charge in [0.05, 0.1) is 26.0 Å². The second-order valence-electron chi connectivity index (χ2n) is 7.39. The number of hydrogen-bond donors (Lipinski definition) is 0. The number of methoxy groups -OCH3 is 1. The van der Waals surface area contributed by atoms with E-state index >= 15 is 0 Å². The normalized spacial score (nSPS) is 15.9. The lowest BCUT2D eigenvalue weighted by Gasteiger charge is -2.28. The molecule has 0 bridgehead atoms. The standard InChI is InChI=1S/C23H23ClN4O2/c1-29-19-7-2-4-16(14-19)21-20-8-9-28(18-6-3-5-17(24)15-18)22(20)26-23(25-21)27-10-12-30-13-11-27/h2-7,14-15H,8-13H2,1H3. The van der Waals surface area contributed by atoms with Crippen LogP contribution in [-0.4, -0.2) is 49.9 Å². The second kappa shape index (κ2) is 8.13. The van der Waals surface area contributed by atoms with Gasteiger partial charge in [-0.3, -0.25) is 0 Å². The molecule has 0 unspecified atom stereocenters. The van der Waals surface area contributed by atoms with E-state index in [4.69, 9.17) is 31.0 Å². The number of benzene rings is 2. The van der Waals surface area contributed by atoms with E-state index < -0.39 is 0 Å². The number of aromatic nitrogens is 2. The first-order valence-corrected chi connectivity index (χ1v) is 10.5. The van der Waals surface area contributed by atoms with Crippen molar-refractivity contribution in [1.29, 1.82) is 0 Å². The van der Waals surface area contributed by atoms with E-state index in [2.05, 4.69) is 21.9 Å². The Bertz CT molecular complexity index is 1070. The molecular formula is C23H23ClN4O2. The maximum atomic E-state index is 6.27. The molecule has 0 aliphatic carbocycles. The van der Waals surface area contributed by atoms with Crippen molar-refractivity contribution in [1.82, 2.24) is 9.97 Å². The van der Waals surface area contributed by atoms with Crippen LogP contribution in [0.5, 0.6) is 5.75 Å². The van der Waals surface area contributed by atoms with Crippen LogP contribution in [-0.2, 0) is 11.2 Å². The molecule has 3 heterocycles. The van der Waals surface area contributed by atoms with Gasteiger partial charge >= 0.3 is 0 Å². The lowest BCUT2D eigenvalue weighted by Crippen LogP contribution is -2.37. The predicted molar refractivity (Wildman–Crippen MR) is 119 cm³/mol. The summed E-state index contributed by atoms with van der Waals surface area (Å²) in [6.07, 6.45) is 0.873. The molecule has 0 radical (unpaired) electrons. The molecule has 3 aromatic rings. The molecule has 0 N–H and O–H groups in total. The summed E-state index contributed by atoms with van der Waals surface area (Å²) in [5.41, 5.74) is 4.20. The van der Waals surface area contributed by atoms with Gasteiger partial charge in [0, 0.05) is 41.5 Å². The molecule has 2 aliphatic heterocycles. The second-order valence-corrected chi connectivity index (χ2v) is 7.82. The van der Waals surface area contributed by atoms with Crippen LogP contribution in [0.3, 0.4) is 0 Å². The average molecular weight is 423 g/mol. The quantitative estimate of drug-likeness (QED) is 0.623. The summed E-state index contributed by atoms with van der Waals surface area (Å²) in [5.74, 6) is 2.51. The Labute approximate surface area is 181 Å². The highest BCUT2D eigenvalue weighted by atomic mass is 35.5. The summed E-state index contributed by atoms with van der Waals surface area (Å²) < 4.78 is 11.0. The van der Waals surface area contributed by atoms with Crippen molar-refractivity contribution in [3.63, 3.8) is 0 Å². The summed E-state index contributed by atoms with van der Waals surface area (Å²) in [7, 11) is 1.68. The van der Waals surface area contributed by atoms with E-state index in [1.807, 2.05) is 36.4 Å². The molecule has 1 saturated heterocycles. The predicted octanol–water partition coefficient (Wildman–Crippen LogP) is 4.34. The average Bonchev–Trinajstić information content (AvgIpc) is 3.23. The molecule has 0 atom stereocenters.